The highest BCUT2D eigenvalue weighted by atomic mass is 32.1. The first-order valence-corrected chi connectivity index (χ1v) is 9.33. The number of hydrogen-bond acceptors (Lipinski definition) is 6. The van der Waals surface area contributed by atoms with E-state index in [0.717, 1.165) is 34.3 Å². The first kappa shape index (κ1) is 16.7. The number of rotatable bonds is 2. The number of amides is 1. The number of hydrogen-bond donors (Lipinski definition) is 2. The third kappa shape index (κ3) is 3.08. The summed E-state index contributed by atoms with van der Waals surface area (Å²) >= 11 is 1.40. The number of anilines is 1. The summed E-state index contributed by atoms with van der Waals surface area (Å²) in [5.41, 5.74) is 8.95. The van der Waals surface area contributed by atoms with Gasteiger partial charge in [0, 0.05) is 30.6 Å². The molecule has 2 aromatic heterocycles. The monoisotopic (exact) mass is 369 g/mol. The van der Waals surface area contributed by atoms with Gasteiger partial charge in [0.25, 0.3) is 11.5 Å². The number of aromatic amines is 1. The normalized spacial score (nSPS) is 15.5. The van der Waals surface area contributed by atoms with Gasteiger partial charge < -0.3 is 15.6 Å². The zero-order chi connectivity index (χ0) is 18.3. The van der Waals surface area contributed by atoms with Crippen LogP contribution in [0.5, 0.6) is 0 Å². The van der Waals surface area contributed by atoms with Crippen LogP contribution in [0.4, 0.5) is 5.13 Å². The van der Waals surface area contributed by atoms with Crippen molar-refractivity contribution in [3.63, 3.8) is 0 Å². The van der Waals surface area contributed by atoms with Crippen LogP contribution >= 0.6 is 11.3 Å². The smallest absolute Gasteiger partial charge is 0.253 e. The number of nitrogens with one attached hydrogen (secondary N) is 1. The van der Waals surface area contributed by atoms with E-state index in [1.54, 1.807) is 6.07 Å². The van der Waals surface area contributed by atoms with Crippen molar-refractivity contribution in [3.05, 3.63) is 51.7 Å². The molecular formula is C18H19N5O2S. The molecule has 1 saturated heterocycles. The predicted octanol–water partition coefficient (Wildman–Crippen LogP) is 2.29. The number of nitrogen functional groups attached to an aromatic ring is 1. The fraction of sp³-hybridized carbons (Fsp3) is 0.333. The highest BCUT2D eigenvalue weighted by Gasteiger charge is 2.26. The Morgan fingerprint density at radius 3 is 2.81 bits per heavy atom. The topological polar surface area (TPSA) is 105 Å². The molecule has 0 aliphatic carbocycles. The molecule has 8 heteroatoms. The van der Waals surface area contributed by atoms with Gasteiger partial charge in [-0.05, 0) is 37.5 Å². The van der Waals surface area contributed by atoms with Gasteiger partial charge in [0.1, 0.15) is 0 Å². The number of nitrogens with two attached hydrogens (primary N) is 1. The number of H-pyrrole nitrogens is 1. The number of carbonyl (C=O) groups is 1. The van der Waals surface area contributed by atoms with Crippen LogP contribution in [0.2, 0.25) is 0 Å². The second kappa shape index (κ2) is 6.53. The Bertz CT molecular complexity index is 1030. The lowest BCUT2D eigenvalue weighted by Gasteiger charge is -2.31. The number of fused-ring (bicyclic) bond motifs is 1. The summed E-state index contributed by atoms with van der Waals surface area (Å²) in [6.07, 6.45) is 3.04. The van der Waals surface area contributed by atoms with Crippen molar-refractivity contribution in [2.75, 3.05) is 18.8 Å². The highest BCUT2D eigenvalue weighted by molar-refractivity contribution is 7.22. The molecule has 7 nitrogen and oxygen atoms in total. The Kier molecular flexibility index (Phi) is 4.20. The molecule has 1 aliphatic rings. The molecule has 134 valence electrons. The number of aryl methyl sites for hydroxylation is 1. The predicted molar refractivity (Wildman–Crippen MR) is 102 cm³/mol. The maximum absolute atomic E-state index is 12.9. The fourth-order valence-electron chi connectivity index (χ4n) is 3.51. The number of nitrogens with zero attached hydrogens (tertiary/aromatic N) is 3. The Morgan fingerprint density at radius 1 is 1.31 bits per heavy atom. The molecule has 0 saturated carbocycles. The van der Waals surface area contributed by atoms with E-state index in [2.05, 4.69) is 15.0 Å². The van der Waals surface area contributed by atoms with E-state index in [9.17, 15) is 9.59 Å². The van der Waals surface area contributed by atoms with Gasteiger partial charge in [-0.15, -0.1) is 0 Å². The molecule has 0 spiro atoms. The number of carbonyl (C=O) groups excluding carboxylic acids is 1. The van der Waals surface area contributed by atoms with Crippen LogP contribution in [0.1, 0.15) is 40.4 Å². The maximum Gasteiger partial charge on any atom is 0.253 e. The Hall–Kier alpha value is -2.74. The third-order valence-corrected chi connectivity index (χ3v) is 5.68. The van der Waals surface area contributed by atoms with Gasteiger partial charge in [0.05, 0.1) is 22.2 Å². The van der Waals surface area contributed by atoms with E-state index in [0.29, 0.717) is 23.8 Å². The van der Waals surface area contributed by atoms with Crippen LogP contribution < -0.4 is 11.3 Å². The van der Waals surface area contributed by atoms with Crippen molar-refractivity contribution in [2.24, 2.45) is 0 Å². The largest absolute Gasteiger partial charge is 0.375 e. The van der Waals surface area contributed by atoms with Gasteiger partial charge in [-0.2, -0.15) is 0 Å². The van der Waals surface area contributed by atoms with E-state index < -0.39 is 0 Å². The summed E-state index contributed by atoms with van der Waals surface area (Å²) in [5.74, 6) is 0.242. The quantitative estimate of drug-likeness (QED) is 0.721. The fourth-order valence-corrected chi connectivity index (χ4v) is 4.36. The first-order valence-electron chi connectivity index (χ1n) is 8.52. The second-order valence-electron chi connectivity index (χ2n) is 6.59. The SMILES string of the molecule is Cc1cc(C(=O)N2CCC(c3cc(=O)[nH]cn3)CC2)cc2sc(N)nc12. The lowest BCUT2D eigenvalue weighted by Crippen LogP contribution is -2.38. The standard InChI is InChI=1S/C18H19N5O2S/c1-10-6-12(7-14-16(10)22-18(19)26-14)17(25)23-4-2-11(3-5-23)13-8-15(24)21-9-20-13/h6-9,11H,2-5H2,1H3,(H2,19,22)(H,20,21,24). The average Bonchev–Trinajstić information content (AvgIpc) is 3.02. The van der Waals surface area contributed by atoms with Gasteiger partial charge in [-0.1, -0.05) is 11.3 Å². The summed E-state index contributed by atoms with van der Waals surface area (Å²) in [6.45, 7) is 3.25. The summed E-state index contributed by atoms with van der Waals surface area (Å²) < 4.78 is 0.938. The van der Waals surface area contributed by atoms with Crippen LogP contribution in [-0.4, -0.2) is 38.8 Å². The zero-order valence-electron chi connectivity index (χ0n) is 14.4. The molecule has 1 aromatic carbocycles. The van der Waals surface area contributed by atoms with Gasteiger partial charge in [0.15, 0.2) is 5.13 Å². The van der Waals surface area contributed by atoms with Gasteiger partial charge >= 0.3 is 0 Å². The second-order valence-corrected chi connectivity index (χ2v) is 7.66. The first-order chi connectivity index (χ1) is 12.5. The Balaban J connectivity index is 1.51. The van der Waals surface area contributed by atoms with Crippen LogP contribution in [-0.2, 0) is 0 Å². The molecule has 4 rings (SSSR count). The lowest BCUT2D eigenvalue weighted by molar-refractivity contribution is 0.0712. The van der Waals surface area contributed by atoms with Crippen LogP contribution in [0.3, 0.4) is 0 Å². The summed E-state index contributed by atoms with van der Waals surface area (Å²) in [5, 5.41) is 0.513. The molecule has 0 radical (unpaired) electrons. The van der Waals surface area contributed by atoms with Crippen molar-refractivity contribution < 1.29 is 4.79 Å². The summed E-state index contributed by atoms with van der Waals surface area (Å²) in [6, 6.07) is 5.31. The molecular weight excluding hydrogens is 350 g/mol. The minimum atomic E-state index is -0.138. The average molecular weight is 369 g/mol. The van der Waals surface area contributed by atoms with E-state index in [4.69, 9.17) is 5.73 Å². The number of piperidine rings is 1. The third-order valence-electron chi connectivity index (χ3n) is 4.85. The molecule has 3 heterocycles. The maximum atomic E-state index is 12.9. The van der Waals surface area contributed by atoms with Crippen LogP contribution in [0.15, 0.2) is 29.3 Å². The molecule has 3 aromatic rings. The van der Waals surface area contributed by atoms with E-state index >= 15 is 0 Å². The molecule has 1 fully saturated rings. The van der Waals surface area contributed by atoms with Crippen molar-refractivity contribution in [2.45, 2.75) is 25.7 Å². The Morgan fingerprint density at radius 2 is 2.08 bits per heavy atom. The molecule has 1 amide bonds. The number of likely N-dealkylation sites (tertiary alicyclic amines) is 1. The van der Waals surface area contributed by atoms with E-state index in [1.165, 1.54) is 17.7 Å². The Labute approximate surface area is 153 Å². The molecule has 26 heavy (non-hydrogen) atoms. The number of benzene rings is 1. The molecule has 0 unspecified atom stereocenters. The van der Waals surface area contributed by atoms with E-state index in [-0.39, 0.29) is 17.4 Å². The van der Waals surface area contributed by atoms with Crippen molar-refractivity contribution in [1.82, 2.24) is 19.9 Å². The van der Waals surface area contributed by atoms with Crippen molar-refractivity contribution in [1.29, 1.82) is 0 Å². The molecule has 3 N–H and O–H groups in total. The summed E-state index contributed by atoms with van der Waals surface area (Å²) in [4.78, 5) is 37.3. The zero-order valence-corrected chi connectivity index (χ0v) is 15.2. The lowest BCUT2D eigenvalue weighted by atomic mass is 9.93. The number of aromatic nitrogens is 3. The molecule has 1 aliphatic heterocycles. The molecule has 0 atom stereocenters. The van der Waals surface area contributed by atoms with Gasteiger partial charge in [0.2, 0.25) is 0 Å². The number of thiazole rings is 1. The highest BCUT2D eigenvalue weighted by Crippen LogP contribution is 2.30. The minimum Gasteiger partial charge on any atom is -0.375 e. The van der Waals surface area contributed by atoms with Crippen molar-refractivity contribution >= 4 is 32.6 Å². The van der Waals surface area contributed by atoms with Crippen LogP contribution in [0, 0.1) is 6.92 Å². The minimum absolute atomic E-state index is 0.0271. The van der Waals surface area contributed by atoms with Crippen LogP contribution in [0.25, 0.3) is 10.2 Å². The molecule has 0 bridgehead atoms. The summed E-state index contributed by atoms with van der Waals surface area (Å²) in [7, 11) is 0. The van der Waals surface area contributed by atoms with Gasteiger partial charge in [-0.3, -0.25) is 9.59 Å². The van der Waals surface area contributed by atoms with E-state index in [1.807, 2.05) is 24.0 Å². The van der Waals surface area contributed by atoms with Gasteiger partial charge in [-0.25, -0.2) is 9.97 Å². The van der Waals surface area contributed by atoms with Crippen molar-refractivity contribution in [3.8, 4) is 0 Å².